The quantitative estimate of drug-likeness (QED) is 0.384. The highest BCUT2D eigenvalue weighted by atomic mass is 16.5. The second-order valence-corrected chi connectivity index (χ2v) is 8.51. The van der Waals surface area contributed by atoms with E-state index in [1.807, 2.05) is 91.8 Å². The third kappa shape index (κ3) is 8.88. The number of likely N-dealkylation sites (N-methyl/N-ethyl adjacent to an activating group) is 1. The van der Waals surface area contributed by atoms with Gasteiger partial charge < -0.3 is 19.7 Å². The van der Waals surface area contributed by atoms with E-state index in [1.54, 1.807) is 6.07 Å². The number of methoxy groups -OCH3 is 1. The van der Waals surface area contributed by atoms with Crippen LogP contribution >= 0.6 is 0 Å². The van der Waals surface area contributed by atoms with Gasteiger partial charge >= 0.3 is 5.97 Å². The van der Waals surface area contributed by atoms with Gasteiger partial charge in [0.25, 0.3) is 0 Å². The molecule has 0 aliphatic carbocycles. The summed E-state index contributed by atoms with van der Waals surface area (Å²) in [5, 5.41) is 2.93. The topological polar surface area (TPSA) is 71.1 Å². The van der Waals surface area contributed by atoms with Crippen molar-refractivity contribution in [3.05, 3.63) is 90.0 Å². The summed E-state index contributed by atoms with van der Waals surface area (Å²) in [7, 11) is 5.37. The van der Waals surface area contributed by atoms with E-state index in [2.05, 4.69) is 10.2 Å². The molecule has 7 nitrogen and oxygen atoms in total. The number of para-hydroxylation sites is 1. The van der Waals surface area contributed by atoms with Gasteiger partial charge in [0.2, 0.25) is 5.91 Å². The average molecular weight is 476 g/mol. The lowest BCUT2D eigenvalue weighted by molar-refractivity contribution is -0.117. The summed E-state index contributed by atoms with van der Waals surface area (Å²) in [6, 6.07) is 24.4. The van der Waals surface area contributed by atoms with Crippen LogP contribution in [0.3, 0.4) is 0 Å². The summed E-state index contributed by atoms with van der Waals surface area (Å²) in [6.45, 7) is 2.72. The normalized spacial score (nSPS) is 10.9. The molecule has 0 unspecified atom stereocenters. The van der Waals surface area contributed by atoms with Crippen LogP contribution < -0.4 is 10.1 Å². The molecule has 0 saturated heterocycles. The molecule has 0 radical (unpaired) electrons. The van der Waals surface area contributed by atoms with Gasteiger partial charge in [-0.25, -0.2) is 4.79 Å². The first-order chi connectivity index (χ1) is 16.9. The van der Waals surface area contributed by atoms with Crippen molar-refractivity contribution in [1.82, 2.24) is 9.80 Å². The van der Waals surface area contributed by atoms with Crippen LogP contribution in [0.2, 0.25) is 0 Å². The van der Waals surface area contributed by atoms with Gasteiger partial charge in [-0.2, -0.15) is 0 Å². The molecule has 0 fully saturated rings. The van der Waals surface area contributed by atoms with Crippen LogP contribution in [-0.4, -0.2) is 62.5 Å². The number of esters is 1. The average Bonchev–Trinajstić information content (AvgIpc) is 2.85. The second kappa shape index (κ2) is 13.3. The zero-order chi connectivity index (χ0) is 25.0. The molecule has 0 aliphatic heterocycles. The Kier molecular flexibility index (Phi) is 9.83. The molecule has 0 saturated carbocycles. The predicted octanol–water partition coefficient (Wildman–Crippen LogP) is 4.66. The van der Waals surface area contributed by atoms with Crippen molar-refractivity contribution in [1.29, 1.82) is 0 Å². The lowest BCUT2D eigenvalue weighted by atomic mass is 10.1. The Balaban J connectivity index is 1.36. The van der Waals surface area contributed by atoms with Crippen molar-refractivity contribution in [3.63, 3.8) is 0 Å². The molecule has 1 amide bonds. The summed E-state index contributed by atoms with van der Waals surface area (Å²) < 4.78 is 10.6. The Labute approximate surface area is 207 Å². The fourth-order valence-electron chi connectivity index (χ4n) is 3.67. The van der Waals surface area contributed by atoms with Crippen molar-refractivity contribution < 1.29 is 19.1 Å². The highest BCUT2D eigenvalue weighted by molar-refractivity contribution is 5.92. The van der Waals surface area contributed by atoms with Crippen molar-refractivity contribution in [2.24, 2.45) is 0 Å². The van der Waals surface area contributed by atoms with Gasteiger partial charge in [-0.1, -0.05) is 30.3 Å². The first-order valence-electron chi connectivity index (χ1n) is 11.6. The lowest BCUT2D eigenvalue weighted by Crippen LogP contribution is -2.32. The number of hydrogen-bond acceptors (Lipinski definition) is 6. The van der Waals surface area contributed by atoms with E-state index >= 15 is 0 Å². The molecule has 3 rings (SSSR count). The zero-order valence-corrected chi connectivity index (χ0v) is 20.6. The van der Waals surface area contributed by atoms with Gasteiger partial charge in [0.15, 0.2) is 0 Å². The largest absolute Gasteiger partial charge is 0.465 e. The minimum atomic E-state index is -0.328. The van der Waals surface area contributed by atoms with E-state index in [0.29, 0.717) is 17.9 Å². The predicted molar refractivity (Wildman–Crippen MR) is 138 cm³/mol. The highest BCUT2D eigenvalue weighted by Crippen LogP contribution is 2.22. The van der Waals surface area contributed by atoms with Gasteiger partial charge in [-0.3, -0.25) is 9.69 Å². The number of nitrogens with zero attached hydrogens (tertiary/aromatic N) is 2. The molecular formula is C28H33N3O4. The third-order valence-electron chi connectivity index (χ3n) is 5.41. The number of anilines is 1. The number of carbonyl (C=O) groups is 2. The van der Waals surface area contributed by atoms with Crippen LogP contribution in [0.25, 0.3) is 0 Å². The minimum absolute atomic E-state index is 0.0581. The molecular weight excluding hydrogens is 442 g/mol. The maximum absolute atomic E-state index is 12.4. The molecule has 3 aromatic rings. The Hall–Kier alpha value is -3.68. The van der Waals surface area contributed by atoms with Crippen molar-refractivity contribution >= 4 is 17.6 Å². The fourth-order valence-corrected chi connectivity index (χ4v) is 3.67. The van der Waals surface area contributed by atoms with Crippen molar-refractivity contribution in [2.45, 2.75) is 13.0 Å². The smallest absolute Gasteiger partial charge is 0.337 e. The van der Waals surface area contributed by atoms with E-state index in [1.165, 1.54) is 7.11 Å². The van der Waals surface area contributed by atoms with Gasteiger partial charge in [0.1, 0.15) is 11.5 Å². The van der Waals surface area contributed by atoms with Crippen LogP contribution in [0.15, 0.2) is 78.9 Å². The van der Waals surface area contributed by atoms with E-state index in [4.69, 9.17) is 9.47 Å². The molecule has 3 aromatic carbocycles. The zero-order valence-electron chi connectivity index (χ0n) is 20.6. The number of ether oxygens (including phenoxy) is 2. The highest BCUT2D eigenvalue weighted by Gasteiger charge is 2.10. The molecule has 0 aromatic heterocycles. The maximum Gasteiger partial charge on any atom is 0.337 e. The summed E-state index contributed by atoms with van der Waals surface area (Å²) in [6.07, 6.45) is 0.919. The molecule has 184 valence electrons. The first-order valence-corrected chi connectivity index (χ1v) is 11.6. The number of amides is 1. The van der Waals surface area contributed by atoms with Crippen molar-refractivity contribution in [3.8, 4) is 11.5 Å². The van der Waals surface area contributed by atoms with E-state index < -0.39 is 0 Å². The SMILES string of the molecule is COC(=O)c1cccc(CN(C)CCCN(C)CC(=O)Nc2ccc(Oc3ccccc3)cc2)c1. The molecule has 0 heterocycles. The number of rotatable bonds is 12. The van der Waals surface area contributed by atoms with Gasteiger partial charge in [-0.15, -0.1) is 0 Å². The van der Waals surface area contributed by atoms with Crippen molar-refractivity contribution in [2.75, 3.05) is 46.2 Å². The Morgan fingerprint density at radius 3 is 2.23 bits per heavy atom. The summed E-state index contributed by atoms with van der Waals surface area (Å²) in [5.41, 5.74) is 2.35. The van der Waals surface area contributed by atoms with E-state index in [0.717, 1.165) is 43.1 Å². The van der Waals surface area contributed by atoms with E-state index in [-0.39, 0.29) is 11.9 Å². The number of hydrogen-bond donors (Lipinski definition) is 1. The molecule has 0 spiro atoms. The molecule has 0 bridgehead atoms. The van der Waals surface area contributed by atoms with Crippen LogP contribution in [0, 0.1) is 0 Å². The summed E-state index contributed by atoms with van der Waals surface area (Å²) in [4.78, 5) is 28.3. The molecule has 7 heteroatoms. The van der Waals surface area contributed by atoms with Crippen LogP contribution in [-0.2, 0) is 16.1 Å². The summed E-state index contributed by atoms with van der Waals surface area (Å²) >= 11 is 0. The minimum Gasteiger partial charge on any atom is -0.465 e. The second-order valence-electron chi connectivity index (χ2n) is 8.51. The van der Waals surface area contributed by atoms with Crippen LogP contribution in [0.5, 0.6) is 11.5 Å². The van der Waals surface area contributed by atoms with Gasteiger partial charge in [0, 0.05) is 12.2 Å². The monoisotopic (exact) mass is 475 g/mol. The molecule has 1 N–H and O–H groups in total. The number of nitrogens with one attached hydrogen (secondary N) is 1. The van der Waals surface area contributed by atoms with E-state index in [9.17, 15) is 9.59 Å². The summed E-state index contributed by atoms with van der Waals surface area (Å²) in [5.74, 6) is 1.10. The van der Waals surface area contributed by atoms with Crippen LogP contribution in [0.4, 0.5) is 5.69 Å². The Morgan fingerprint density at radius 2 is 1.51 bits per heavy atom. The molecule has 35 heavy (non-hydrogen) atoms. The molecule has 0 atom stereocenters. The Bertz CT molecular complexity index is 1090. The third-order valence-corrected chi connectivity index (χ3v) is 5.41. The number of carbonyl (C=O) groups excluding carboxylic acids is 2. The van der Waals surface area contributed by atoms with Gasteiger partial charge in [0.05, 0.1) is 19.2 Å². The van der Waals surface area contributed by atoms with Crippen LogP contribution in [0.1, 0.15) is 22.3 Å². The van der Waals surface area contributed by atoms with Gasteiger partial charge in [-0.05, 0) is 87.7 Å². The first kappa shape index (κ1) is 25.9. The molecule has 0 aliphatic rings. The Morgan fingerprint density at radius 1 is 0.829 bits per heavy atom. The standard InChI is InChI=1S/C28H33N3O4/c1-30(20-22-9-7-10-23(19-22)28(33)34-3)17-8-18-31(2)21-27(32)29-24-13-15-26(16-14-24)35-25-11-5-4-6-12-25/h4-7,9-16,19H,8,17-18,20-21H2,1-3H3,(H,29,32). The maximum atomic E-state index is 12.4. The fraction of sp³-hybridized carbons (Fsp3) is 0.286. The lowest BCUT2D eigenvalue weighted by Gasteiger charge is -2.20. The number of benzene rings is 3.